The van der Waals surface area contributed by atoms with Crippen LogP contribution in [0.3, 0.4) is 0 Å². The van der Waals surface area contributed by atoms with Crippen molar-refractivity contribution in [3.8, 4) is 11.1 Å². The standard InChI is InChI=1S/C24H22ClN5O4S2/c1-15-9-18(10-16(2)30(15)32)19-13-26-23(27-14-19)24(31)28-5-7-29(8-6-28)36(33,34)22-11-17-3-4-20(25)12-21(17)35-22/h3-4,9-14H,5-8H2,1-2H3. The fraction of sp³-hybridized carbons (Fsp3) is 0.250. The first-order chi connectivity index (χ1) is 17.1. The second kappa shape index (κ2) is 9.40. The van der Waals surface area contributed by atoms with E-state index in [1.807, 2.05) is 0 Å². The zero-order valence-corrected chi connectivity index (χ0v) is 21.9. The maximum Gasteiger partial charge on any atom is 0.291 e. The molecule has 0 saturated carbocycles. The molecule has 0 bridgehead atoms. The molecule has 9 nitrogen and oxygen atoms in total. The molecule has 1 aliphatic heterocycles. The molecule has 1 aliphatic rings. The van der Waals surface area contributed by atoms with Gasteiger partial charge < -0.3 is 10.1 Å². The van der Waals surface area contributed by atoms with Gasteiger partial charge in [-0.05, 0) is 29.1 Å². The van der Waals surface area contributed by atoms with Crippen LogP contribution < -0.4 is 4.73 Å². The maximum absolute atomic E-state index is 13.2. The molecule has 12 heteroatoms. The van der Waals surface area contributed by atoms with Gasteiger partial charge in [0.2, 0.25) is 5.82 Å². The number of benzene rings is 1. The van der Waals surface area contributed by atoms with Crippen molar-refractivity contribution in [2.24, 2.45) is 0 Å². The summed E-state index contributed by atoms with van der Waals surface area (Å²) >= 11 is 7.22. The predicted molar refractivity (Wildman–Crippen MR) is 137 cm³/mol. The van der Waals surface area contributed by atoms with Crippen molar-refractivity contribution in [1.29, 1.82) is 0 Å². The predicted octanol–water partition coefficient (Wildman–Crippen LogP) is 3.41. The summed E-state index contributed by atoms with van der Waals surface area (Å²) < 4.78 is 29.7. The summed E-state index contributed by atoms with van der Waals surface area (Å²) in [5, 5.41) is 13.3. The van der Waals surface area contributed by atoms with Gasteiger partial charge in [0.15, 0.2) is 11.4 Å². The SMILES string of the molecule is Cc1cc(-c2cnc(C(=O)N3CCN(S(=O)(=O)c4cc5ccc(Cl)cc5s4)CC3)nc2)cc(C)[n+]1[O-]. The fourth-order valence-electron chi connectivity index (χ4n) is 4.15. The molecule has 0 spiro atoms. The molecule has 1 saturated heterocycles. The number of hydrogen-bond donors (Lipinski definition) is 0. The lowest BCUT2D eigenvalue weighted by atomic mass is 10.1. The van der Waals surface area contributed by atoms with Crippen LogP contribution in [0.25, 0.3) is 21.2 Å². The van der Waals surface area contributed by atoms with Crippen molar-refractivity contribution >= 4 is 49.0 Å². The number of carbonyl (C=O) groups excluding carboxylic acids is 1. The molecular formula is C24H22ClN5O4S2. The molecule has 4 heterocycles. The van der Waals surface area contributed by atoms with Crippen LogP contribution >= 0.6 is 22.9 Å². The second-order valence-electron chi connectivity index (χ2n) is 8.56. The first kappa shape index (κ1) is 24.6. The molecule has 0 N–H and O–H groups in total. The largest absolute Gasteiger partial charge is 0.618 e. The van der Waals surface area contributed by atoms with Gasteiger partial charge in [0.1, 0.15) is 4.21 Å². The third-order valence-electron chi connectivity index (χ3n) is 6.13. The topological polar surface area (TPSA) is 110 Å². The second-order valence-corrected chi connectivity index (χ2v) is 12.2. The Labute approximate surface area is 217 Å². The van der Waals surface area contributed by atoms with E-state index in [0.717, 1.165) is 20.4 Å². The Balaban J connectivity index is 1.27. The molecule has 186 valence electrons. The van der Waals surface area contributed by atoms with Crippen molar-refractivity contribution in [3.05, 3.63) is 76.2 Å². The summed E-state index contributed by atoms with van der Waals surface area (Å²) in [7, 11) is -3.68. The number of halogens is 1. The zero-order chi connectivity index (χ0) is 25.6. The number of aromatic nitrogens is 3. The lowest BCUT2D eigenvalue weighted by molar-refractivity contribution is -0.619. The number of aryl methyl sites for hydroxylation is 2. The first-order valence-electron chi connectivity index (χ1n) is 11.2. The summed E-state index contributed by atoms with van der Waals surface area (Å²) in [6.45, 7) is 4.27. The quantitative estimate of drug-likeness (QED) is 0.288. The van der Waals surface area contributed by atoms with Gasteiger partial charge in [0.25, 0.3) is 15.9 Å². The summed E-state index contributed by atoms with van der Waals surface area (Å²) in [5.74, 6) is -0.312. The van der Waals surface area contributed by atoms with Crippen LogP contribution in [0.15, 0.2) is 53.0 Å². The Morgan fingerprint density at radius 2 is 1.64 bits per heavy atom. The summed E-state index contributed by atoms with van der Waals surface area (Å²) in [4.78, 5) is 23.0. The third-order valence-corrected chi connectivity index (χ3v) is 9.81. The molecular weight excluding hydrogens is 522 g/mol. The van der Waals surface area contributed by atoms with Crippen LogP contribution in [-0.4, -0.2) is 59.7 Å². The number of piperazine rings is 1. The number of pyridine rings is 1. The number of thiophene rings is 1. The number of amides is 1. The van der Waals surface area contributed by atoms with E-state index < -0.39 is 10.0 Å². The van der Waals surface area contributed by atoms with E-state index in [4.69, 9.17) is 11.6 Å². The van der Waals surface area contributed by atoms with Crippen LogP contribution in [0.4, 0.5) is 0 Å². The normalized spacial score (nSPS) is 14.9. The molecule has 0 unspecified atom stereocenters. The third kappa shape index (κ3) is 4.55. The highest BCUT2D eigenvalue weighted by Gasteiger charge is 2.32. The van der Waals surface area contributed by atoms with E-state index >= 15 is 0 Å². The van der Waals surface area contributed by atoms with E-state index in [9.17, 15) is 18.4 Å². The van der Waals surface area contributed by atoms with Gasteiger partial charge in [0, 0.05) is 79.8 Å². The lowest BCUT2D eigenvalue weighted by Crippen LogP contribution is -2.50. The highest BCUT2D eigenvalue weighted by molar-refractivity contribution is 7.91. The number of fused-ring (bicyclic) bond motifs is 1. The minimum atomic E-state index is -3.68. The Kier molecular flexibility index (Phi) is 6.41. The van der Waals surface area contributed by atoms with E-state index in [-0.39, 0.29) is 42.1 Å². The van der Waals surface area contributed by atoms with Crippen molar-refractivity contribution in [3.63, 3.8) is 0 Å². The molecule has 3 aromatic heterocycles. The molecule has 0 radical (unpaired) electrons. The number of rotatable bonds is 4. The molecule has 0 aliphatic carbocycles. The Bertz CT molecular complexity index is 1560. The number of nitrogens with zero attached hydrogens (tertiary/aromatic N) is 5. The summed E-state index contributed by atoms with van der Waals surface area (Å²) in [6.07, 6.45) is 3.11. The van der Waals surface area contributed by atoms with Crippen molar-refractivity contribution in [1.82, 2.24) is 19.2 Å². The van der Waals surface area contributed by atoms with Crippen molar-refractivity contribution < 1.29 is 17.9 Å². The number of carbonyl (C=O) groups is 1. The minimum absolute atomic E-state index is 0.0414. The summed E-state index contributed by atoms with van der Waals surface area (Å²) in [5.41, 5.74) is 2.59. The van der Waals surface area contributed by atoms with Gasteiger partial charge in [-0.3, -0.25) is 4.79 Å². The smallest absolute Gasteiger partial charge is 0.291 e. The molecule has 36 heavy (non-hydrogen) atoms. The van der Waals surface area contributed by atoms with Gasteiger partial charge in [-0.2, -0.15) is 9.04 Å². The van der Waals surface area contributed by atoms with Gasteiger partial charge >= 0.3 is 0 Å². The maximum atomic E-state index is 13.2. The van der Waals surface area contributed by atoms with Crippen LogP contribution in [-0.2, 0) is 10.0 Å². The van der Waals surface area contributed by atoms with Gasteiger partial charge in [-0.25, -0.2) is 18.4 Å². The molecule has 0 atom stereocenters. The van der Waals surface area contributed by atoms with E-state index in [1.165, 1.54) is 15.6 Å². The van der Waals surface area contributed by atoms with E-state index in [0.29, 0.717) is 22.0 Å². The van der Waals surface area contributed by atoms with Crippen LogP contribution in [0.1, 0.15) is 22.0 Å². The lowest BCUT2D eigenvalue weighted by Gasteiger charge is -2.33. The van der Waals surface area contributed by atoms with E-state index in [2.05, 4.69) is 9.97 Å². The molecule has 1 aromatic carbocycles. The number of sulfonamides is 1. The van der Waals surface area contributed by atoms with Crippen LogP contribution in [0.5, 0.6) is 0 Å². The highest BCUT2D eigenvalue weighted by atomic mass is 35.5. The van der Waals surface area contributed by atoms with E-state index in [1.54, 1.807) is 67.5 Å². The van der Waals surface area contributed by atoms with Gasteiger partial charge in [0.05, 0.1) is 0 Å². The van der Waals surface area contributed by atoms with Gasteiger partial charge in [-0.15, -0.1) is 11.3 Å². The monoisotopic (exact) mass is 543 g/mol. The number of hydrogen-bond acceptors (Lipinski definition) is 7. The molecule has 4 aromatic rings. The van der Waals surface area contributed by atoms with Crippen molar-refractivity contribution in [2.45, 2.75) is 18.1 Å². The Morgan fingerprint density at radius 3 is 2.28 bits per heavy atom. The fourth-order valence-corrected chi connectivity index (χ4v) is 7.40. The molecule has 1 fully saturated rings. The Hall–Kier alpha value is -3.12. The summed E-state index contributed by atoms with van der Waals surface area (Å²) in [6, 6.07) is 10.4. The zero-order valence-electron chi connectivity index (χ0n) is 19.5. The molecule has 5 rings (SSSR count). The van der Waals surface area contributed by atoms with Crippen molar-refractivity contribution in [2.75, 3.05) is 26.2 Å². The first-order valence-corrected chi connectivity index (χ1v) is 13.8. The Morgan fingerprint density at radius 1 is 1.00 bits per heavy atom. The molecule has 1 amide bonds. The van der Waals surface area contributed by atoms with Crippen LogP contribution in [0, 0.1) is 19.1 Å². The minimum Gasteiger partial charge on any atom is -0.618 e. The average Bonchev–Trinajstić information content (AvgIpc) is 3.31. The highest BCUT2D eigenvalue weighted by Crippen LogP contribution is 2.33. The van der Waals surface area contributed by atoms with Gasteiger partial charge in [-0.1, -0.05) is 17.7 Å². The van der Waals surface area contributed by atoms with Crippen LogP contribution in [0.2, 0.25) is 5.02 Å². The average molecular weight is 544 g/mol.